The molecule has 0 saturated carbocycles. The van der Waals surface area contributed by atoms with Gasteiger partial charge in [-0.2, -0.15) is 0 Å². The molecule has 1 saturated heterocycles. The number of carbonyl (C=O) groups excluding carboxylic acids is 1. The van der Waals surface area contributed by atoms with Gasteiger partial charge in [0, 0.05) is 38.4 Å². The summed E-state index contributed by atoms with van der Waals surface area (Å²) >= 11 is 0. The minimum atomic E-state index is -0.482. The zero-order valence-corrected chi connectivity index (χ0v) is 13.3. The molecule has 3 rings (SSSR count). The fourth-order valence-electron chi connectivity index (χ4n) is 3.09. The molecule has 0 radical (unpaired) electrons. The molecule has 120 valence electrons. The summed E-state index contributed by atoms with van der Waals surface area (Å²) in [7, 11) is 0. The first kappa shape index (κ1) is 15.1. The summed E-state index contributed by atoms with van der Waals surface area (Å²) in [6.07, 6.45) is 1.99. The summed E-state index contributed by atoms with van der Waals surface area (Å²) in [6.45, 7) is 6.79. The number of hydrogen-bond acceptors (Lipinski definition) is 3. The van der Waals surface area contributed by atoms with Crippen LogP contribution in [0.5, 0.6) is 5.75 Å². The van der Waals surface area contributed by atoms with Gasteiger partial charge in [0.1, 0.15) is 22.8 Å². The SMILES string of the molecule is CC(C)(C)OC(=O)N1CCC2(CC1)Cc1ccc(F)cc1O2. The summed E-state index contributed by atoms with van der Waals surface area (Å²) in [5, 5.41) is 0. The van der Waals surface area contributed by atoms with Crippen molar-refractivity contribution < 1.29 is 18.7 Å². The van der Waals surface area contributed by atoms with Crippen LogP contribution in [0.25, 0.3) is 0 Å². The van der Waals surface area contributed by atoms with Gasteiger partial charge < -0.3 is 14.4 Å². The number of halogens is 1. The minimum Gasteiger partial charge on any atom is -0.486 e. The Bertz CT molecular complexity index is 586. The second-order valence-electron chi connectivity index (χ2n) is 7.18. The number of rotatable bonds is 0. The van der Waals surface area contributed by atoms with Gasteiger partial charge in [-0.3, -0.25) is 0 Å². The van der Waals surface area contributed by atoms with E-state index < -0.39 is 5.60 Å². The molecule has 1 aromatic carbocycles. The largest absolute Gasteiger partial charge is 0.486 e. The predicted molar refractivity (Wildman–Crippen MR) is 80.5 cm³/mol. The van der Waals surface area contributed by atoms with Gasteiger partial charge in [0.25, 0.3) is 0 Å². The normalized spacial score (nSPS) is 19.7. The molecule has 0 aromatic heterocycles. The van der Waals surface area contributed by atoms with Crippen LogP contribution < -0.4 is 4.74 Å². The van der Waals surface area contributed by atoms with Gasteiger partial charge in [-0.05, 0) is 32.4 Å². The molecule has 0 bridgehead atoms. The number of benzene rings is 1. The van der Waals surface area contributed by atoms with Crippen LogP contribution in [0.4, 0.5) is 9.18 Å². The maximum Gasteiger partial charge on any atom is 0.410 e. The van der Waals surface area contributed by atoms with Gasteiger partial charge in [0.05, 0.1) is 0 Å². The average molecular weight is 307 g/mol. The number of carbonyl (C=O) groups is 1. The van der Waals surface area contributed by atoms with Crippen molar-refractivity contribution >= 4 is 6.09 Å². The smallest absolute Gasteiger partial charge is 0.410 e. The van der Waals surface area contributed by atoms with Crippen molar-refractivity contribution in [3.8, 4) is 5.75 Å². The van der Waals surface area contributed by atoms with Crippen molar-refractivity contribution in [1.82, 2.24) is 4.90 Å². The molecular formula is C17H22FNO3. The van der Waals surface area contributed by atoms with Gasteiger partial charge in [-0.25, -0.2) is 9.18 Å². The molecule has 2 aliphatic heterocycles. The Morgan fingerprint density at radius 1 is 1.32 bits per heavy atom. The molecule has 1 aromatic rings. The highest BCUT2D eigenvalue weighted by Crippen LogP contribution is 2.41. The van der Waals surface area contributed by atoms with E-state index in [1.54, 1.807) is 11.0 Å². The van der Waals surface area contributed by atoms with Crippen LogP contribution in [0.1, 0.15) is 39.2 Å². The summed E-state index contributed by atoms with van der Waals surface area (Å²) < 4.78 is 24.7. The van der Waals surface area contributed by atoms with Gasteiger partial charge in [0.2, 0.25) is 0 Å². The van der Waals surface area contributed by atoms with Crippen molar-refractivity contribution in [3.63, 3.8) is 0 Å². The van der Waals surface area contributed by atoms with E-state index in [2.05, 4.69) is 0 Å². The molecule has 1 spiro atoms. The second kappa shape index (κ2) is 5.14. The monoisotopic (exact) mass is 307 g/mol. The molecule has 0 atom stereocenters. The molecule has 22 heavy (non-hydrogen) atoms. The van der Waals surface area contributed by atoms with E-state index in [0.717, 1.165) is 24.8 Å². The third-order valence-corrected chi connectivity index (χ3v) is 4.19. The topological polar surface area (TPSA) is 38.8 Å². The van der Waals surface area contributed by atoms with Crippen molar-refractivity contribution in [2.24, 2.45) is 0 Å². The number of amides is 1. The molecule has 0 unspecified atom stereocenters. The molecule has 1 amide bonds. The van der Waals surface area contributed by atoms with Crippen LogP contribution in [-0.4, -0.2) is 35.3 Å². The van der Waals surface area contributed by atoms with Crippen LogP contribution in [-0.2, 0) is 11.2 Å². The number of likely N-dealkylation sites (tertiary alicyclic amines) is 1. The van der Waals surface area contributed by atoms with Gasteiger partial charge in [0.15, 0.2) is 0 Å². The Morgan fingerprint density at radius 2 is 2.00 bits per heavy atom. The molecule has 5 heteroatoms. The zero-order valence-electron chi connectivity index (χ0n) is 13.3. The average Bonchev–Trinajstić information content (AvgIpc) is 2.74. The quantitative estimate of drug-likeness (QED) is 0.736. The predicted octanol–water partition coefficient (Wildman–Crippen LogP) is 3.53. The van der Waals surface area contributed by atoms with E-state index in [4.69, 9.17) is 9.47 Å². The van der Waals surface area contributed by atoms with E-state index in [0.29, 0.717) is 18.8 Å². The number of nitrogens with zero attached hydrogens (tertiary/aromatic N) is 1. The Balaban J connectivity index is 1.62. The van der Waals surface area contributed by atoms with Crippen LogP contribution >= 0.6 is 0 Å². The molecule has 0 N–H and O–H groups in total. The lowest BCUT2D eigenvalue weighted by Crippen LogP contribution is -2.50. The third kappa shape index (κ3) is 3.03. The summed E-state index contributed by atoms with van der Waals surface area (Å²) in [5.41, 5.74) is 0.269. The van der Waals surface area contributed by atoms with Gasteiger partial charge >= 0.3 is 6.09 Å². The van der Waals surface area contributed by atoms with Crippen LogP contribution in [0.15, 0.2) is 18.2 Å². The van der Waals surface area contributed by atoms with Crippen molar-refractivity contribution in [2.45, 2.75) is 51.2 Å². The fraction of sp³-hybridized carbons (Fsp3) is 0.588. The number of fused-ring (bicyclic) bond motifs is 1. The molecule has 2 aliphatic rings. The highest BCUT2D eigenvalue weighted by molar-refractivity contribution is 5.68. The third-order valence-electron chi connectivity index (χ3n) is 4.19. The Labute approximate surface area is 130 Å². The van der Waals surface area contributed by atoms with Crippen LogP contribution in [0, 0.1) is 5.82 Å². The van der Waals surface area contributed by atoms with E-state index >= 15 is 0 Å². The zero-order chi connectivity index (χ0) is 16.0. The lowest BCUT2D eigenvalue weighted by atomic mass is 9.87. The van der Waals surface area contributed by atoms with Crippen LogP contribution in [0.3, 0.4) is 0 Å². The van der Waals surface area contributed by atoms with Gasteiger partial charge in [-0.1, -0.05) is 6.07 Å². The maximum atomic E-state index is 13.3. The molecular weight excluding hydrogens is 285 g/mol. The second-order valence-corrected chi connectivity index (χ2v) is 7.18. The van der Waals surface area contributed by atoms with Crippen molar-refractivity contribution in [2.75, 3.05) is 13.1 Å². The Hall–Kier alpha value is -1.78. The first-order valence-corrected chi connectivity index (χ1v) is 7.72. The lowest BCUT2D eigenvalue weighted by molar-refractivity contribution is -0.00891. The first-order chi connectivity index (χ1) is 10.3. The van der Waals surface area contributed by atoms with Crippen LogP contribution in [0.2, 0.25) is 0 Å². The number of piperidine rings is 1. The highest BCUT2D eigenvalue weighted by Gasteiger charge is 2.43. The minimum absolute atomic E-state index is 0.274. The highest BCUT2D eigenvalue weighted by atomic mass is 19.1. The number of ether oxygens (including phenoxy) is 2. The summed E-state index contributed by atoms with van der Waals surface area (Å²) in [4.78, 5) is 13.8. The maximum absolute atomic E-state index is 13.3. The standard InChI is InChI=1S/C17H22FNO3/c1-16(2,3)22-15(20)19-8-6-17(7-9-19)11-12-4-5-13(18)10-14(12)21-17/h4-5,10H,6-9,11H2,1-3H3. The van der Waals surface area contributed by atoms with E-state index in [9.17, 15) is 9.18 Å². The Morgan fingerprint density at radius 3 is 2.64 bits per heavy atom. The first-order valence-electron chi connectivity index (χ1n) is 7.72. The Kier molecular flexibility index (Phi) is 3.54. The summed E-state index contributed by atoms with van der Waals surface area (Å²) in [5.74, 6) is 0.368. The van der Waals surface area contributed by atoms with Crippen molar-refractivity contribution in [1.29, 1.82) is 0 Å². The molecule has 0 aliphatic carbocycles. The molecule has 4 nitrogen and oxygen atoms in total. The fourth-order valence-corrected chi connectivity index (χ4v) is 3.09. The van der Waals surface area contributed by atoms with E-state index in [1.165, 1.54) is 12.1 Å². The van der Waals surface area contributed by atoms with E-state index in [-0.39, 0.29) is 17.5 Å². The molecule has 2 heterocycles. The van der Waals surface area contributed by atoms with Gasteiger partial charge in [-0.15, -0.1) is 0 Å². The molecule has 1 fully saturated rings. The van der Waals surface area contributed by atoms with E-state index in [1.807, 2.05) is 20.8 Å². The lowest BCUT2D eigenvalue weighted by Gasteiger charge is -2.39. The summed E-state index contributed by atoms with van der Waals surface area (Å²) in [6, 6.07) is 4.71. The number of hydrogen-bond donors (Lipinski definition) is 0. The van der Waals surface area contributed by atoms with Crippen molar-refractivity contribution in [3.05, 3.63) is 29.6 Å².